The standard InChI is InChI=1S/C6H10O3.C5H6O4.C5H8O3.C4H6O2.4CH4/c1-3-6(7)9-5-4-8-2;1-3-4(6)9-5(7)8-2;1-3-5(6)8-4-7-2;1-3-4(5)6-2;;;;/h3H,1,4-5H2,2H3;3H,1H2,2H3;3H,1,4H2,2H3;3H,1H2,2H3;4*1H4. The Morgan fingerprint density at radius 2 is 0.972 bits per heavy atom. The number of carbonyl (C=O) groups is 5. The predicted octanol–water partition coefficient (Wildman–Crippen LogP) is 4.05. The number of hydrogen-bond donors (Lipinski definition) is 0. The number of methoxy groups -OCH3 is 4. The third-order valence-electron chi connectivity index (χ3n) is 2.07. The van der Waals surface area contributed by atoms with Gasteiger partial charge in [-0.05, 0) is 0 Å². The van der Waals surface area contributed by atoms with E-state index in [4.69, 9.17) is 0 Å². The molecule has 0 atom stereocenters. The minimum Gasteiger partial charge on any atom is -0.466 e. The zero-order chi connectivity index (χ0) is 25.8. The molecule has 0 radical (unpaired) electrons. The van der Waals surface area contributed by atoms with E-state index in [9.17, 15) is 24.0 Å². The van der Waals surface area contributed by atoms with E-state index in [1.807, 2.05) is 0 Å². The Labute approximate surface area is 216 Å². The van der Waals surface area contributed by atoms with Crippen molar-refractivity contribution in [3.05, 3.63) is 50.6 Å². The van der Waals surface area contributed by atoms with Crippen LogP contribution in [0.5, 0.6) is 0 Å². The van der Waals surface area contributed by atoms with Crippen molar-refractivity contribution in [1.82, 2.24) is 0 Å². The second-order valence-corrected chi connectivity index (χ2v) is 4.25. The third kappa shape index (κ3) is 57.3. The molecule has 0 aliphatic rings. The first-order chi connectivity index (χ1) is 15.1. The normalized spacial score (nSPS) is 7.00. The van der Waals surface area contributed by atoms with Crippen LogP contribution in [0.15, 0.2) is 50.6 Å². The lowest BCUT2D eigenvalue weighted by atomic mass is 10.6. The van der Waals surface area contributed by atoms with Gasteiger partial charge in [-0.1, -0.05) is 56.0 Å². The molecule has 0 aliphatic heterocycles. The van der Waals surface area contributed by atoms with Crippen LogP contribution in [-0.4, -0.2) is 78.5 Å². The van der Waals surface area contributed by atoms with Crippen molar-refractivity contribution >= 4 is 30.0 Å². The van der Waals surface area contributed by atoms with Gasteiger partial charge in [0.05, 0.1) is 20.8 Å². The van der Waals surface area contributed by atoms with Gasteiger partial charge in [0.25, 0.3) is 0 Å². The van der Waals surface area contributed by atoms with E-state index in [1.165, 1.54) is 14.2 Å². The molecule has 0 heterocycles. The number of rotatable bonds is 9. The Balaban J connectivity index is -0.0000000471. The number of esters is 4. The van der Waals surface area contributed by atoms with Crippen molar-refractivity contribution in [2.45, 2.75) is 29.7 Å². The minimum atomic E-state index is -1.03. The maximum absolute atomic E-state index is 10.3. The van der Waals surface area contributed by atoms with Gasteiger partial charge >= 0.3 is 30.0 Å². The molecule has 0 aromatic heterocycles. The van der Waals surface area contributed by atoms with Gasteiger partial charge in [-0.3, -0.25) is 0 Å². The summed E-state index contributed by atoms with van der Waals surface area (Å²) in [6.45, 7) is 13.3. The highest BCUT2D eigenvalue weighted by Gasteiger charge is 2.03. The Hall–Kier alpha value is -3.77. The van der Waals surface area contributed by atoms with Crippen LogP contribution in [0.2, 0.25) is 0 Å². The number of carbonyl (C=O) groups excluding carboxylic acids is 5. The topological polar surface area (TPSA) is 150 Å². The van der Waals surface area contributed by atoms with Gasteiger partial charge in [0, 0.05) is 38.5 Å². The molecule has 36 heavy (non-hydrogen) atoms. The van der Waals surface area contributed by atoms with Gasteiger partial charge in [-0.15, -0.1) is 0 Å². The molecule has 0 spiro atoms. The van der Waals surface area contributed by atoms with Crippen LogP contribution in [-0.2, 0) is 52.3 Å². The first-order valence-corrected chi connectivity index (χ1v) is 8.32. The molecule has 0 amide bonds. The number of hydrogen-bond acceptors (Lipinski definition) is 12. The summed E-state index contributed by atoms with van der Waals surface area (Å²) >= 11 is 0. The van der Waals surface area contributed by atoms with Crippen LogP contribution in [0, 0.1) is 0 Å². The molecule has 0 rings (SSSR count). The van der Waals surface area contributed by atoms with Crippen molar-refractivity contribution in [3.8, 4) is 0 Å². The van der Waals surface area contributed by atoms with Gasteiger partial charge in [0.15, 0.2) is 6.79 Å². The smallest absolute Gasteiger partial charge is 0.466 e. The summed E-state index contributed by atoms with van der Waals surface area (Å²) in [5, 5.41) is 0. The fourth-order valence-corrected chi connectivity index (χ4v) is 0.709. The first-order valence-electron chi connectivity index (χ1n) is 8.32. The molecule has 0 bridgehead atoms. The minimum absolute atomic E-state index is 0. The van der Waals surface area contributed by atoms with E-state index in [0.29, 0.717) is 13.2 Å². The van der Waals surface area contributed by atoms with Crippen molar-refractivity contribution in [3.63, 3.8) is 0 Å². The van der Waals surface area contributed by atoms with Crippen LogP contribution in [0.25, 0.3) is 0 Å². The molecule has 0 aliphatic carbocycles. The highest BCUT2D eigenvalue weighted by atomic mass is 16.7. The van der Waals surface area contributed by atoms with Gasteiger partial charge in [-0.25, -0.2) is 24.0 Å². The van der Waals surface area contributed by atoms with Crippen LogP contribution < -0.4 is 0 Å². The summed E-state index contributed by atoms with van der Waals surface area (Å²) in [7, 11) is 5.40. The van der Waals surface area contributed by atoms with E-state index in [1.54, 1.807) is 7.11 Å². The monoisotopic (exact) mass is 526 g/mol. The van der Waals surface area contributed by atoms with E-state index < -0.39 is 30.0 Å². The van der Waals surface area contributed by atoms with Gasteiger partial charge < -0.3 is 33.2 Å². The zero-order valence-electron chi connectivity index (χ0n) is 18.7. The van der Waals surface area contributed by atoms with Crippen LogP contribution >= 0.6 is 0 Å². The lowest BCUT2D eigenvalue weighted by molar-refractivity contribution is -0.148. The van der Waals surface area contributed by atoms with Crippen LogP contribution in [0.4, 0.5) is 4.79 Å². The fourth-order valence-electron chi connectivity index (χ4n) is 0.709. The molecular weight excluding hydrogens is 480 g/mol. The Bertz CT molecular complexity index is 598. The second-order valence-electron chi connectivity index (χ2n) is 4.25. The van der Waals surface area contributed by atoms with Gasteiger partial charge in [-0.2, -0.15) is 0 Å². The van der Waals surface area contributed by atoms with Gasteiger partial charge in [0.1, 0.15) is 6.61 Å². The molecule has 0 aromatic carbocycles. The summed E-state index contributed by atoms with van der Waals surface area (Å²) in [5.74, 6) is -2.09. The molecule has 0 saturated carbocycles. The summed E-state index contributed by atoms with van der Waals surface area (Å²) in [5.41, 5.74) is 0. The SMILES string of the molecule is C.C.C.C.C=CC(=O)OC.C=CC(=O)OC(=O)OC.C=CC(=O)OCCOC.C=CC(=O)OCOC. The summed E-state index contributed by atoms with van der Waals surface area (Å²) < 4.78 is 30.0. The Morgan fingerprint density at radius 3 is 1.25 bits per heavy atom. The van der Waals surface area contributed by atoms with Crippen LogP contribution in [0.1, 0.15) is 29.7 Å². The van der Waals surface area contributed by atoms with Crippen molar-refractivity contribution in [2.75, 3.05) is 48.4 Å². The third-order valence-corrected chi connectivity index (χ3v) is 2.07. The average Bonchev–Trinajstić information content (AvgIpc) is 2.82. The van der Waals surface area contributed by atoms with Crippen LogP contribution in [0.3, 0.4) is 0 Å². The fraction of sp³-hybridized carbons (Fsp3) is 0.458. The van der Waals surface area contributed by atoms with E-state index >= 15 is 0 Å². The highest BCUT2D eigenvalue weighted by Crippen LogP contribution is 1.83. The molecule has 0 aromatic rings. The first kappa shape index (κ1) is 53.5. The van der Waals surface area contributed by atoms with Crippen molar-refractivity contribution in [2.24, 2.45) is 0 Å². The highest BCUT2D eigenvalue weighted by molar-refractivity contribution is 5.89. The molecule has 0 N–H and O–H groups in total. The average molecular weight is 527 g/mol. The Morgan fingerprint density at radius 1 is 0.556 bits per heavy atom. The maximum Gasteiger partial charge on any atom is 0.516 e. The quantitative estimate of drug-likeness (QED) is 0.106. The summed E-state index contributed by atoms with van der Waals surface area (Å²) in [6.07, 6.45) is 3.16. The number of ether oxygens (including phenoxy) is 7. The molecular formula is C24H46O12. The summed E-state index contributed by atoms with van der Waals surface area (Å²) in [4.78, 5) is 50.5. The van der Waals surface area contributed by atoms with Crippen molar-refractivity contribution in [1.29, 1.82) is 0 Å². The maximum atomic E-state index is 10.3. The Kier molecular flexibility index (Phi) is 66.7. The second kappa shape index (κ2) is 44.8. The largest absolute Gasteiger partial charge is 0.516 e. The molecule has 12 nitrogen and oxygen atoms in total. The molecule has 12 heteroatoms. The van der Waals surface area contributed by atoms with E-state index in [2.05, 4.69) is 59.5 Å². The van der Waals surface area contributed by atoms with E-state index in [0.717, 1.165) is 31.4 Å². The molecule has 0 unspecified atom stereocenters. The lowest BCUT2D eigenvalue weighted by Crippen LogP contribution is -2.08. The van der Waals surface area contributed by atoms with E-state index in [-0.39, 0.29) is 36.5 Å². The molecule has 214 valence electrons. The lowest BCUT2D eigenvalue weighted by Gasteiger charge is -1.98. The summed E-state index contributed by atoms with van der Waals surface area (Å²) in [6, 6.07) is 0. The predicted molar refractivity (Wildman–Crippen MR) is 139 cm³/mol. The zero-order valence-corrected chi connectivity index (χ0v) is 18.7. The molecule has 0 fully saturated rings. The van der Waals surface area contributed by atoms with Gasteiger partial charge in [0.2, 0.25) is 0 Å². The van der Waals surface area contributed by atoms with Crippen molar-refractivity contribution < 1.29 is 57.1 Å². The molecule has 0 saturated heterocycles.